The Labute approximate surface area is 155 Å². The molecule has 4 rings (SSSR count). The van der Waals surface area contributed by atoms with Gasteiger partial charge in [-0.15, -0.1) is 22.7 Å². The summed E-state index contributed by atoms with van der Waals surface area (Å²) in [6.45, 7) is 7.71. The number of hydrogen-bond acceptors (Lipinski definition) is 7. The van der Waals surface area contributed by atoms with E-state index in [-0.39, 0.29) is 5.91 Å². The molecular formula is C17H22N4O2S2. The van der Waals surface area contributed by atoms with Crippen molar-refractivity contribution in [1.82, 2.24) is 14.8 Å². The van der Waals surface area contributed by atoms with Gasteiger partial charge in [0.15, 0.2) is 5.13 Å². The van der Waals surface area contributed by atoms with Crippen LogP contribution in [0.25, 0.3) is 0 Å². The minimum atomic E-state index is 0.154. The van der Waals surface area contributed by atoms with E-state index in [0.717, 1.165) is 74.7 Å². The zero-order valence-corrected chi connectivity index (χ0v) is 15.7. The summed E-state index contributed by atoms with van der Waals surface area (Å²) in [5.41, 5.74) is 1.14. The van der Waals surface area contributed by atoms with Crippen LogP contribution < -0.4 is 4.90 Å². The van der Waals surface area contributed by atoms with Crippen molar-refractivity contribution in [3.63, 3.8) is 0 Å². The second kappa shape index (κ2) is 7.82. The van der Waals surface area contributed by atoms with Crippen LogP contribution in [0.5, 0.6) is 0 Å². The van der Waals surface area contributed by atoms with Gasteiger partial charge in [-0.05, 0) is 11.4 Å². The highest BCUT2D eigenvalue weighted by Gasteiger charge is 2.24. The molecule has 0 unspecified atom stereocenters. The lowest BCUT2D eigenvalue weighted by Gasteiger charge is -2.34. The fourth-order valence-corrected chi connectivity index (χ4v) is 4.72. The quantitative estimate of drug-likeness (QED) is 0.814. The van der Waals surface area contributed by atoms with Crippen molar-refractivity contribution in [2.75, 3.05) is 57.4 Å². The number of carbonyl (C=O) groups excluding carboxylic acids is 1. The maximum absolute atomic E-state index is 12.4. The fourth-order valence-electron chi connectivity index (χ4n) is 3.16. The van der Waals surface area contributed by atoms with E-state index in [1.807, 2.05) is 22.4 Å². The van der Waals surface area contributed by atoms with Crippen LogP contribution in [0.3, 0.4) is 0 Å². The molecule has 1 amide bonds. The third kappa shape index (κ3) is 4.03. The molecule has 0 radical (unpaired) electrons. The zero-order valence-electron chi connectivity index (χ0n) is 14.1. The molecule has 6 nitrogen and oxygen atoms in total. The van der Waals surface area contributed by atoms with Crippen molar-refractivity contribution in [3.8, 4) is 0 Å². The smallest absolute Gasteiger partial charge is 0.264 e. The summed E-state index contributed by atoms with van der Waals surface area (Å²) in [6, 6.07) is 3.83. The first-order chi connectivity index (χ1) is 12.3. The first-order valence-electron chi connectivity index (χ1n) is 8.62. The number of anilines is 1. The van der Waals surface area contributed by atoms with Crippen molar-refractivity contribution < 1.29 is 9.53 Å². The maximum atomic E-state index is 12.4. The Morgan fingerprint density at radius 2 is 1.92 bits per heavy atom. The van der Waals surface area contributed by atoms with Crippen LogP contribution in [0, 0.1) is 0 Å². The third-order valence-electron chi connectivity index (χ3n) is 4.60. The summed E-state index contributed by atoms with van der Waals surface area (Å²) in [5.74, 6) is 0.154. The second-order valence-electron chi connectivity index (χ2n) is 6.27. The lowest BCUT2D eigenvalue weighted by molar-refractivity contribution is 0.0337. The Morgan fingerprint density at radius 1 is 1.12 bits per heavy atom. The lowest BCUT2D eigenvalue weighted by atomic mass is 10.3. The number of ether oxygens (including phenoxy) is 1. The van der Waals surface area contributed by atoms with Crippen LogP contribution in [0.4, 0.5) is 5.13 Å². The first-order valence-corrected chi connectivity index (χ1v) is 10.4. The van der Waals surface area contributed by atoms with Crippen LogP contribution in [0.1, 0.15) is 15.4 Å². The molecule has 0 saturated carbocycles. The summed E-state index contributed by atoms with van der Waals surface area (Å²) < 4.78 is 5.39. The highest BCUT2D eigenvalue weighted by Crippen LogP contribution is 2.23. The van der Waals surface area contributed by atoms with Crippen molar-refractivity contribution >= 4 is 33.7 Å². The molecule has 2 aliphatic heterocycles. The normalized spacial score (nSPS) is 19.4. The minimum Gasteiger partial charge on any atom is -0.379 e. The van der Waals surface area contributed by atoms with Crippen LogP contribution >= 0.6 is 22.7 Å². The van der Waals surface area contributed by atoms with E-state index in [1.54, 1.807) is 11.3 Å². The van der Waals surface area contributed by atoms with Gasteiger partial charge >= 0.3 is 0 Å². The van der Waals surface area contributed by atoms with Gasteiger partial charge in [0, 0.05) is 51.2 Å². The number of thiazole rings is 1. The van der Waals surface area contributed by atoms with E-state index in [0.29, 0.717) is 0 Å². The molecule has 25 heavy (non-hydrogen) atoms. The molecule has 2 saturated heterocycles. The van der Waals surface area contributed by atoms with Crippen molar-refractivity contribution in [2.24, 2.45) is 0 Å². The Balaban J connectivity index is 1.31. The van der Waals surface area contributed by atoms with Gasteiger partial charge in [-0.3, -0.25) is 9.69 Å². The van der Waals surface area contributed by atoms with E-state index < -0.39 is 0 Å². The lowest BCUT2D eigenvalue weighted by Crippen LogP contribution is -2.48. The Morgan fingerprint density at radius 3 is 2.64 bits per heavy atom. The first kappa shape index (κ1) is 17.0. The van der Waals surface area contributed by atoms with E-state index >= 15 is 0 Å². The summed E-state index contributed by atoms with van der Waals surface area (Å²) in [5, 5.41) is 5.19. The average Bonchev–Trinajstić information content (AvgIpc) is 3.34. The number of aromatic nitrogens is 1. The molecule has 0 N–H and O–H groups in total. The van der Waals surface area contributed by atoms with Gasteiger partial charge in [0.1, 0.15) is 0 Å². The molecule has 2 aliphatic rings. The highest BCUT2D eigenvalue weighted by molar-refractivity contribution is 7.13. The topological polar surface area (TPSA) is 48.9 Å². The molecule has 2 aromatic rings. The summed E-state index contributed by atoms with van der Waals surface area (Å²) in [6.07, 6.45) is 0. The van der Waals surface area contributed by atoms with E-state index in [2.05, 4.69) is 15.2 Å². The summed E-state index contributed by atoms with van der Waals surface area (Å²) >= 11 is 3.22. The highest BCUT2D eigenvalue weighted by atomic mass is 32.1. The standard InChI is InChI=1S/C17H22N4O2S2/c22-16(15-2-1-11-24-15)20-3-5-21(6-4-20)17-18-14(13-25-17)12-19-7-9-23-10-8-19/h1-2,11,13H,3-10,12H2. The number of amides is 1. The largest absolute Gasteiger partial charge is 0.379 e. The van der Waals surface area contributed by atoms with Gasteiger partial charge in [-0.1, -0.05) is 6.07 Å². The molecule has 8 heteroatoms. The predicted molar refractivity (Wildman–Crippen MR) is 101 cm³/mol. The van der Waals surface area contributed by atoms with Gasteiger partial charge in [0.2, 0.25) is 0 Å². The number of piperazine rings is 1. The van der Waals surface area contributed by atoms with Crippen LogP contribution in [0.15, 0.2) is 22.9 Å². The molecule has 0 aliphatic carbocycles. The Bertz CT molecular complexity index is 689. The van der Waals surface area contributed by atoms with Gasteiger partial charge < -0.3 is 14.5 Å². The molecule has 2 fully saturated rings. The SMILES string of the molecule is O=C(c1cccs1)N1CCN(c2nc(CN3CCOCC3)cs2)CC1. The van der Waals surface area contributed by atoms with Gasteiger partial charge in [0.25, 0.3) is 5.91 Å². The van der Waals surface area contributed by atoms with E-state index in [9.17, 15) is 4.79 Å². The Kier molecular flexibility index (Phi) is 5.30. The van der Waals surface area contributed by atoms with Crippen molar-refractivity contribution in [3.05, 3.63) is 33.5 Å². The van der Waals surface area contributed by atoms with Crippen LogP contribution in [-0.2, 0) is 11.3 Å². The average molecular weight is 379 g/mol. The molecule has 0 bridgehead atoms. The fraction of sp³-hybridized carbons (Fsp3) is 0.529. The molecule has 0 aromatic carbocycles. The molecule has 2 aromatic heterocycles. The van der Waals surface area contributed by atoms with E-state index in [1.165, 1.54) is 11.3 Å². The molecular weight excluding hydrogens is 356 g/mol. The number of carbonyl (C=O) groups is 1. The van der Waals surface area contributed by atoms with Gasteiger partial charge in [-0.25, -0.2) is 4.98 Å². The van der Waals surface area contributed by atoms with Crippen LogP contribution in [-0.4, -0.2) is 73.2 Å². The van der Waals surface area contributed by atoms with E-state index in [4.69, 9.17) is 9.72 Å². The molecule has 0 spiro atoms. The second-order valence-corrected chi connectivity index (χ2v) is 8.05. The molecule has 4 heterocycles. The monoisotopic (exact) mass is 378 g/mol. The van der Waals surface area contributed by atoms with Gasteiger partial charge in [-0.2, -0.15) is 0 Å². The number of rotatable bonds is 4. The van der Waals surface area contributed by atoms with Gasteiger partial charge in [0.05, 0.1) is 23.8 Å². The number of hydrogen-bond donors (Lipinski definition) is 0. The summed E-state index contributed by atoms with van der Waals surface area (Å²) in [7, 11) is 0. The van der Waals surface area contributed by atoms with Crippen molar-refractivity contribution in [2.45, 2.75) is 6.54 Å². The van der Waals surface area contributed by atoms with Crippen LogP contribution in [0.2, 0.25) is 0 Å². The molecule has 134 valence electrons. The molecule has 0 atom stereocenters. The predicted octanol–water partition coefficient (Wildman–Crippen LogP) is 2.00. The number of morpholine rings is 1. The van der Waals surface area contributed by atoms with Crippen molar-refractivity contribution in [1.29, 1.82) is 0 Å². The number of nitrogens with zero attached hydrogens (tertiary/aromatic N) is 4. The summed E-state index contributed by atoms with van der Waals surface area (Å²) in [4.78, 5) is 24.7. The minimum absolute atomic E-state index is 0.154. The third-order valence-corrected chi connectivity index (χ3v) is 6.41. The zero-order chi connectivity index (χ0) is 17.1. The Hall–Kier alpha value is -1.48. The number of thiophene rings is 1. The maximum Gasteiger partial charge on any atom is 0.264 e.